The van der Waals surface area contributed by atoms with E-state index in [-0.39, 0.29) is 0 Å². The van der Waals surface area contributed by atoms with E-state index in [4.69, 9.17) is 0 Å². The Morgan fingerprint density at radius 1 is 0.600 bits per heavy atom. The molecule has 0 unspecified atom stereocenters. The Labute approximate surface area is 122 Å². The maximum atomic E-state index is 10.9. The van der Waals surface area contributed by atoms with Gasteiger partial charge in [-0.3, -0.25) is 0 Å². The summed E-state index contributed by atoms with van der Waals surface area (Å²) in [5.41, 5.74) is 9.23. The van der Waals surface area contributed by atoms with E-state index in [0.29, 0.717) is 0 Å². The zero-order valence-corrected chi connectivity index (χ0v) is 13.3. The Balaban J connectivity index is 2.61. The quantitative estimate of drug-likeness (QED) is 0.842. The van der Waals surface area contributed by atoms with Crippen LogP contribution < -0.4 is 0 Å². The average molecular weight is 268 g/mol. The lowest BCUT2D eigenvalue weighted by molar-refractivity contribution is 0.217. The molecule has 1 N–H and O–H groups in total. The number of aliphatic hydroxyl groups excluding tert-OH is 1. The summed E-state index contributed by atoms with van der Waals surface area (Å²) < 4.78 is 0. The Bertz CT molecular complexity index is 549. The van der Waals surface area contributed by atoms with Crippen LogP contribution in [0.25, 0.3) is 0 Å². The summed E-state index contributed by atoms with van der Waals surface area (Å²) in [6, 6.07) is 8.57. The normalized spacial score (nSPS) is 11.2. The van der Waals surface area contributed by atoms with Crippen LogP contribution in [0.15, 0.2) is 24.3 Å². The number of aliphatic hydroxyl groups is 1. The van der Waals surface area contributed by atoms with Crippen LogP contribution in [0.5, 0.6) is 0 Å². The molecule has 0 heterocycles. The van der Waals surface area contributed by atoms with Gasteiger partial charge in [0, 0.05) is 0 Å². The van der Waals surface area contributed by atoms with E-state index in [1.165, 1.54) is 11.1 Å². The Kier molecular flexibility index (Phi) is 4.01. The standard InChI is InChI=1S/C19H24O/c1-11-7-13(3)17(14(4)8-11)19(20)18-15(5)9-12(2)10-16(18)6/h7-10,19-20H,1-6H3. The molecular weight excluding hydrogens is 244 g/mol. The van der Waals surface area contributed by atoms with Crippen molar-refractivity contribution in [2.24, 2.45) is 0 Å². The van der Waals surface area contributed by atoms with Crippen molar-refractivity contribution in [3.05, 3.63) is 68.8 Å². The second-order valence-corrected chi connectivity index (χ2v) is 6.03. The topological polar surface area (TPSA) is 20.2 Å². The minimum Gasteiger partial charge on any atom is -0.384 e. The summed E-state index contributed by atoms with van der Waals surface area (Å²) in [5, 5.41) is 10.9. The minimum absolute atomic E-state index is 0.545. The third-order valence-corrected chi connectivity index (χ3v) is 4.02. The third-order valence-electron chi connectivity index (χ3n) is 4.02. The Hall–Kier alpha value is -1.60. The molecule has 2 aromatic rings. The van der Waals surface area contributed by atoms with Gasteiger partial charge < -0.3 is 5.11 Å². The first-order valence-corrected chi connectivity index (χ1v) is 7.14. The Morgan fingerprint density at radius 3 is 1.10 bits per heavy atom. The molecule has 2 aromatic carbocycles. The highest BCUT2D eigenvalue weighted by atomic mass is 16.3. The van der Waals surface area contributed by atoms with Gasteiger partial charge >= 0.3 is 0 Å². The average Bonchev–Trinajstić information content (AvgIpc) is 2.25. The molecule has 0 aliphatic rings. The van der Waals surface area contributed by atoms with E-state index in [1.807, 2.05) is 0 Å². The van der Waals surface area contributed by atoms with Gasteiger partial charge in [-0.1, -0.05) is 35.4 Å². The monoisotopic (exact) mass is 268 g/mol. The van der Waals surface area contributed by atoms with Crippen LogP contribution >= 0.6 is 0 Å². The van der Waals surface area contributed by atoms with Gasteiger partial charge in [0.05, 0.1) is 0 Å². The Morgan fingerprint density at radius 2 is 0.850 bits per heavy atom. The van der Waals surface area contributed by atoms with Gasteiger partial charge in [-0.15, -0.1) is 0 Å². The highest BCUT2D eigenvalue weighted by Crippen LogP contribution is 2.32. The molecule has 0 radical (unpaired) electrons. The van der Waals surface area contributed by atoms with Gasteiger partial charge in [-0.25, -0.2) is 0 Å². The van der Waals surface area contributed by atoms with Crippen molar-refractivity contribution in [3.8, 4) is 0 Å². The molecule has 1 heteroatoms. The SMILES string of the molecule is Cc1cc(C)c(C(O)c2c(C)cc(C)cc2C)c(C)c1. The number of hydrogen-bond donors (Lipinski definition) is 1. The second-order valence-electron chi connectivity index (χ2n) is 6.03. The number of rotatable bonds is 2. The van der Waals surface area contributed by atoms with Gasteiger partial charge in [0.1, 0.15) is 6.10 Å². The summed E-state index contributed by atoms with van der Waals surface area (Å²) >= 11 is 0. The van der Waals surface area contributed by atoms with Crippen LogP contribution in [0.2, 0.25) is 0 Å². The zero-order chi connectivity index (χ0) is 15.0. The van der Waals surface area contributed by atoms with E-state index >= 15 is 0 Å². The zero-order valence-electron chi connectivity index (χ0n) is 13.3. The lowest BCUT2D eigenvalue weighted by Gasteiger charge is -2.22. The van der Waals surface area contributed by atoms with Crippen LogP contribution in [-0.2, 0) is 0 Å². The molecule has 106 valence electrons. The van der Waals surface area contributed by atoms with E-state index < -0.39 is 6.10 Å². The highest BCUT2D eigenvalue weighted by Gasteiger charge is 2.19. The molecule has 2 rings (SSSR count). The maximum absolute atomic E-state index is 10.9. The first-order valence-electron chi connectivity index (χ1n) is 7.14. The molecule has 0 spiro atoms. The van der Waals surface area contributed by atoms with Crippen LogP contribution in [0.4, 0.5) is 0 Å². The summed E-state index contributed by atoms with van der Waals surface area (Å²) in [4.78, 5) is 0. The molecular formula is C19H24O. The van der Waals surface area contributed by atoms with Crippen molar-refractivity contribution in [2.75, 3.05) is 0 Å². The second kappa shape index (κ2) is 5.41. The van der Waals surface area contributed by atoms with Gasteiger partial charge in [0.2, 0.25) is 0 Å². The fourth-order valence-corrected chi connectivity index (χ4v) is 3.39. The van der Waals surface area contributed by atoms with Crippen LogP contribution in [-0.4, -0.2) is 5.11 Å². The molecule has 0 amide bonds. The summed E-state index contributed by atoms with van der Waals surface area (Å²) in [5.74, 6) is 0. The van der Waals surface area contributed by atoms with E-state index in [0.717, 1.165) is 33.4 Å². The summed E-state index contributed by atoms with van der Waals surface area (Å²) in [6.07, 6.45) is -0.545. The van der Waals surface area contributed by atoms with Gasteiger partial charge in [-0.05, 0) is 74.9 Å². The molecule has 0 fully saturated rings. The summed E-state index contributed by atoms with van der Waals surface area (Å²) in [6.45, 7) is 12.5. The number of hydrogen-bond acceptors (Lipinski definition) is 1. The van der Waals surface area contributed by atoms with Crippen molar-refractivity contribution in [2.45, 2.75) is 47.6 Å². The van der Waals surface area contributed by atoms with Gasteiger partial charge in [-0.2, -0.15) is 0 Å². The lowest BCUT2D eigenvalue weighted by Crippen LogP contribution is -2.09. The molecule has 0 saturated carbocycles. The van der Waals surface area contributed by atoms with Crippen molar-refractivity contribution < 1.29 is 5.11 Å². The summed E-state index contributed by atoms with van der Waals surface area (Å²) in [7, 11) is 0. The first-order chi connectivity index (χ1) is 9.31. The van der Waals surface area contributed by atoms with E-state index in [2.05, 4.69) is 65.8 Å². The number of aryl methyl sites for hydroxylation is 6. The van der Waals surface area contributed by atoms with E-state index in [9.17, 15) is 5.11 Å². The van der Waals surface area contributed by atoms with Gasteiger partial charge in [0.15, 0.2) is 0 Å². The van der Waals surface area contributed by atoms with Crippen LogP contribution in [0, 0.1) is 41.5 Å². The van der Waals surface area contributed by atoms with Crippen molar-refractivity contribution >= 4 is 0 Å². The molecule has 0 aromatic heterocycles. The molecule has 0 atom stereocenters. The molecule has 20 heavy (non-hydrogen) atoms. The number of benzene rings is 2. The lowest BCUT2D eigenvalue weighted by atomic mass is 9.87. The highest BCUT2D eigenvalue weighted by molar-refractivity contribution is 5.48. The fourth-order valence-electron chi connectivity index (χ4n) is 3.39. The smallest absolute Gasteiger partial charge is 0.105 e. The first kappa shape index (κ1) is 14.8. The molecule has 0 bridgehead atoms. The van der Waals surface area contributed by atoms with Crippen molar-refractivity contribution in [1.29, 1.82) is 0 Å². The predicted octanol–water partition coefficient (Wildman–Crippen LogP) is 4.62. The van der Waals surface area contributed by atoms with Crippen molar-refractivity contribution in [3.63, 3.8) is 0 Å². The molecule has 0 aliphatic carbocycles. The largest absolute Gasteiger partial charge is 0.384 e. The fraction of sp³-hybridized carbons (Fsp3) is 0.368. The maximum Gasteiger partial charge on any atom is 0.105 e. The van der Waals surface area contributed by atoms with Gasteiger partial charge in [0.25, 0.3) is 0 Å². The van der Waals surface area contributed by atoms with Crippen molar-refractivity contribution in [1.82, 2.24) is 0 Å². The molecule has 1 nitrogen and oxygen atoms in total. The molecule has 0 aliphatic heterocycles. The van der Waals surface area contributed by atoms with E-state index in [1.54, 1.807) is 0 Å². The molecule has 0 saturated heterocycles. The minimum atomic E-state index is -0.545. The van der Waals surface area contributed by atoms with Crippen LogP contribution in [0.1, 0.15) is 50.6 Å². The third kappa shape index (κ3) is 2.64. The predicted molar refractivity (Wildman–Crippen MR) is 85.4 cm³/mol. The van der Waals surface area contributed by atoms with Crippen LogP contribution in [0.3, 0.4) is 0 Å².